The van der Waals surface area contributed by atoms with E-state index in [9.17, 15) is 9.59 Å². The Morgan fingerprint density at radius 2 is 2.00 bits per heavy atom. The first-order valence-corrected chi connectivity index (χ1v) is 13.9. The van der Waals surface area contributed by atoms with E-state index in [-0.39, 0.29) is 41.0 Å². The predicted octanol–water partition coefficient (Wildman–Crippen LogP) is 5.58. The molecule has 3 aliphatic carbocycles. The summed E-state index contributed by atoms with van der Waals surface area (Å²) in [6.07, 6.45) is 9.71. The lowest BCUT2D eigenvalue weighted by atomic mass is 9.60. The van der Waals surface area contributed by atoms with Crippen LogP contribution in [0.2, 0.25) is 0 Å². The first kappa shape index (κ1) is 25.3. The second-order valence-corrected chi connectivity index (χ2v) is 12.7. The van der Waals surface area contributed by atoms with E-state index in [1.807, 2.05) is 18.5 Å². The molecule has 38 heavy (non-hydrogen) atoms. The SMILES string of the molecule is CC(=O)OC1(C)C[C@H]2[C@@H]3OC4=C(C=C3CC[C@]2(C)[C@H]1c1ccc2cnccc2c1)C(=O)CC(CN(C)C)C4. The highest BCUT2D eigenvalue weighted by Crippen LogP contribution is 2.66. The molecule has 0 N–H and O–H groups in total. The third-order valence-corrected chi connectivity index (χ3v) is 9.57. The van der Waals surface area contributed by atoms with Gasteiger partial charge in [-0.25, -0.2) is 0 Å². The van der Waals surface area contributed by atoms with Crippen molar-refractivity contribution in [2.45, 2.75) is 70.5 Å². The average molecular weight is 515 g/mol. The van der Waals surface area contributed by atoms with Gasteiger partial charge in [0.2, 0.25) is 0 Å². The molecule has 2 unspecified atom stereocenters. The van der Waals surface area contributed by atoms with Gasteiger partial charge in [0.25, 0.3) is 0 Å². The lowest BCUT2D eigenvalue weighted by molar-refractivity contribution is -0.157. The molecule has 4 aliphatic rings. The van der Waals surface area contributed by atoms with Crippen LogP contribution < -0.4 is 0 Å². The van der Waals surface area contributed by atoms with Crippen molar-refractivity contribution >= 4 is 22.5 Å². The Morgan fingerprint density at radius 1 is 1.18 bits per heavy atom. The number of esters is 1. The van der Waals surface area contributed by atoms with Crippen LogP contribution in [0.25, 0.3) is 10.8 Å². The Bertz CT molecular complexity index is 1380. The summed E-state index contributed by atoms with van der Waals surface area (Å²) in [7, 11) is 4.11. The summed E-state index contributed by atoms with van der Waals surface area (Å²) in [5.74, 6) is 1.29. The van der Waals surface area contributed by atoms with Crippen molar-refractivity contribution in [3.63, 3.8) is 0 Å². The van der Waals surface area contributed by atoms with Gasteiger partial charge in [-0.2, -0.15) is 0 Å². The van der Waals surface area contributed by atoms with E-state index in [2.05, 4.69) is 62.1 Å². The lowest BCUT2D eigenvalue weighted by Gasteiger charge is -2.48. The van der Waals surface area contributed by atoms with Gasteiger partial charge < -0.3 is 14.4 Å². The molecule has 1 aliphatic heterocycles. The predicted molar refractivity (Wildman–Crippen MR) is 146 cm³/mol. The molecule has 0 amide bonds. The van der Waals surface area contributed by atoms with Crippen molar-refractivity contribution in [2.24, 2.45) is 17.3 Å². The van der Waals surface area contributed by atoms with Crippen molar-refractivity contribution in [2.75, 3.05) is 20.6 Å². The molecule has 0 spiro atoms. The molecule has 6 heteroatoms. The maximum atomic E-state index is 13.1. The van der Waals surface area contributed by atoms with E-state index >= 15 is 0 Å². The van der Waals surface area contributed by atoms with E-state index in [1.165, 1.54) is 18.1 Å². The molecule has 2 saturated carbocycles. The minimum absolute atomic E-state index is 0.0245. The standard InChI is InChI=1S/C32H38N2O4/c1-19(35)38-32(3)16-26-29-22(15-25-27(36)12-20(18-34(4)5)13-28(25)37-29)8-10-31(26,2)30(32)23-6-7-24-17-33-11-9-21(24)14-23/h6-7,9,11,14-15,17,20,26,29-30H,8,10,12-13,16,18H2,1-5H3/t20?,26-,29+,30+,31-,32?/m0/s1. The van der Waals surface area contributed by atoms with Crippen molar-refractivity contribution in [3.05, 3.63) is 65.2 Å². The molecular formula is C32H38N2O4. The third kappa shape index (κ3) is 4.08. The van der Waals surface area contributed by atoms with Crippen LogP contribution in [0.3, 0.4) is 0 Å². The van der Waals surface area contributed by atoms with Crippen LogP contribution in [0.5, 0.6) is 0 Å². The Hall–Kier alpha value is -2.99. The van der Waals surface area contributed by atoms with Crippen molar-refractivity contribution in [1.29, 1.82) is 0 Å². The van der Waals surface area contributed by atoms with Crippen LogP contribution >= 0.6 is 0 Å². The average Bonchev–Trinajstić information content (AvgIpc) is 3.08. The minimum atomic E-state index is -0.657. The van der Waals surface area contributed by atoms with Gasteiger partial charge in [-0.3, -0.25) is 14.6 Å². The Labute approximate surface area is 225 Å². The van der Waals surface area contributed by atoms with Crippen LogP contribution in [0.4, 0.5) is 0 Å². The number of carbonyl (C=O) groups is 2. The maximum Gasteiger partial charge on any atom is 0.303 e. The molecule has 0 saturated heterocycles. The van der Waals surface area contributed by atoms with Crippen LogP contribution in [-0.2, 0) is 19.1 Å². The van der Waals surface area contributed by atoms with Gasteiger partial charge in [0.05, 0.1) is 5.57 Å². The number of ketones is 1. The second kappa shape index (κ2) is 9.04. The fraction of sp³-hybridized carbons (Fsp3) is 0.531. The number of allylic oxidation sites excluding steroid dienone is 3. The number of hydrogen-bond acceptors (Lipinski definition) is 6. The van der Waals surface area contributed by atoms with Gasteiger partial charge in [-0.05, 0) is 80.3 Å². The van der Waals surface area contributed by atoms with Gasteiger partial charge in [0, 0.05) is 55.9 Å². The number of hydrogen-bond donors (Lipinski definition) is 0. The first-order valence-electron chi connectivity index (χ1n) is 13.9. The fourth-order valence-corrected chi connectivity index (χ4v) is 8.28. The number of fused-ring (bicyclic) bond motifs is 4. The van der Waals surface area contributed by atoms with Crippen LogP contribution in [-0.4, -0.2) is 54.0 Å². The summed E-state index contributed by atoms with van der Waals surface area (Å²) in [6, 6.07) is 8.60. The molecule has 1 aromatic carbocycles. The van der Waals surface area contributed by atoms with E-state index in [0.717, 1.165) is 54.3 Å². The zero-order valence-electron chi connectivity index (χ0n) is 23.1. The van der Waals surface area contributed by atoms with E-state index in [4.69, 9.17) is 9.47 Å². The quantitative estimate of drug-likeness (QED) is 0.496. The van der Waals surface area contributed by atoms with Crippen molar-refractivity contribution in [1.82, 2.24) is 9.88 Å². The smallest absolute Gasteiger partial charge is 0.303 e. The van der Waals surface area contributed by atoms with Crippen LogP contribution in [0, 0.1) is 17.3 Å². The molecule has 0 bridgehead atoms. The first-order chi connectivity index (χ1) is 18.1. The second-order valence-electron chi connectivity index (χ2n) is 12.7. The van der Waals surface area contributed by atoms with Gasteiger partial charge in [-0.15, -0.1) is 0 Å². The van der Waals surface area contributed by atoms with E-state index < -0.39 is 5.60 Å². The normalized spacial score (nSPS) is 34.4. The highest BCUT2D eigenvalue weighted by Gasteiger charge is 2.64. The lowest BCUT2D eigenvalue weighted by Crippen LogP contribution is -2.44. The van der Waals surface area contributed by atoms with Crippen molar-refractivity contribution < 1.29 is 19.1 Å². The zero-order valence-corrected chi connectivity index (χ0v) is 23.1. The summed E-state index contributed by atoms with van der Waals surface area (Å²) in [5.41, 5.74) is 2.41. The summed E-state index contributed by atoms with van der Waals surface area (Å²) in [6.45, 7) is 6.85. The molecule has 2 fully saturated rings. The Balaban J connectivity index is 1.38. The Kier molecular flexibility index (Phi) is 6.02. The van der Waals surface area contributed by atoms with Crippen LogP contribution in [0.1, 0.15) is 64.4 Å². The summed E-state index contributed by atoms with van der Waals surface area (Å²) >= 11 is 0. The maximum absolute atomic E-state index is 13.1. The van der Waals surface area contributed by atoms with E-state index in [1.54, 1.807) is 0 Å². The third-order valence-electron chi connectivity index (χ3n) is 9.57. The van der Waals surface area contributed by atoms with Gasteiger partial charge in [0.1, 0.15) is 17.5 Å². The van der Waals surface area contributed by atoms with Gasteiger partial charge in [0.15, 0.2) is 5.78 Å². The zero-order chi connectivity index (χ0) is 26.8. The topological polar surface area (TPSA) is 68.7 Å². The molecule has 2 aromatic rings. The van der Waals surface area contributed by atoms with Gasteiger partial charge in [-0.1, -0.05) is 25.1 Å². The molecule has 6 nitrogen and oxygen atoms in total. The highest BCUT2D eigenvalue weighted by molar-refractivity contribution is 6.00. The molecule has 1 aromatic heterocycles. The molecule has 6 atom stereocenters. The molecule has 6 rings (SSSR count). The number of aromatic nitrogens is 1. The fourth-order valence-electron chi connectivity index (χ4n) is 8.28. The molecular weight excluding hydrogens is 476 g/mol. The largest absolute Gasteiger partial charge is 0.489 e. The number of benzene rings is 1. The number of nitrogens with zero attached hydrogens (tertiary/aromatic N) is 2. The highest BCUT2D eigenvalue weighted by atomic mass is 16.6. The molecule has 0 radical (unpaired) electrons. The number of Topliss-reactive ketones (excluding diaryl/α,β-unsaturated/α-hetero) is 1. The Morgan fingerprint density at radius 3 is 2.76 bits per heavy atom. The van der Waals surface area contributed by atoms with Crippen LogP contribution in [0.15, 0.2) is 59.6 Å². The number of carbonyl (C=O) groups excluding carboxylic acids is 2. The summed E-state index contributed by atoms with van der Waals surface area (Å²) in [4.78, 5) is 31.9. The molecule has 2 heterocycles. The monoisotopic (exact) mass is 514 g/mol. The molecule has 200 valence electrons. The minimum Gasteiger partial charge on any atom is -0.489 e. The number of rotatable bonds is 4. The summed E-state index contributed by atoms with van der Waals surface area (Å²) in [5, 5.41) is 2.24. The van der Waals surface area contributed by atoms with Crippen molar-refractivity contribution in [3.8, 4) is 0 Å². The van der Waals surface area contributed by atoms with Gasteiger partial charge >= 0.3 is 5.97 Å². The number of ether oxygens (including phenoxy) is 2. The van der Waals surface area contributed by atoms with E-state index in [0.29, 0.717) is 6.42 Å². The number of pyridine rings is 1. The summed E-state index contributed by atoms with van der Waals surface area (Å²) < 4.78 is 13.0.